The minimum Gasteiger partial charge on any atom is -0.493 e. The molecular formula is C19H20O4. The first-order valence-corrected chi connectivity index (χ1v) is 7.47. The van der Waals surface area contributed by atoms with Crippen molar-refractivity contribution in [3.63, 3.8) is 0 Å². The van der Waals surface area contributed by atoms with E-state index in [1.54, 1.807) is 31.4 Å². The Hall–Kier alpha value is -2.75. The first-order valence-electron chi connectivity index (χ1n) is 7.47. The van der Waals surface area contributed by atoms with Crippen LogP contribution in [0.5, 0.6) is 11.5 Å². The third kappa shape index (κ3) is 4.13. The van der Waals surface area contributed by atoms with Gasteiger partial charge in [0.2, 0.25) is 0 Å². The Morgan fingerprint density at radius 1 is 1.13 bits per heavy atom. The van der Waals surface area contributed by atoms with Gasteiger partial charge in [-0.05, 0) is 24.1 Å². The molecular weight excluding hydrogens is 292 g/mol. The maximum atomic E-state index is 11.6. The van der Waals surface area contributed by atoms with Crippen LogP contribution < -0.4 is 9.47 Å². The highest BCUT2D eigenvalue weighted by Gasteiger charge is 2.14. The van der Waals surface area contributed by atoms with E-state index in [9.17, 15) is 9.90 Å². The van der Waals surface area contributed by atoms with Gasteiger partial charge in [-0.25, -0.2) is 4.79 Å². The van der Waals surface area contributed by atoms with Crippen LogP contribution in [0, 0.1) is 0 Å². The minimum absolute atomic E-state index is 0.209. The lowest BCUT2D eigenvalue weighted by atomic mass is 10.0. The van der Waals surface area contributed by atoms with Crippen molar-refractivity contribution in [1.82, 2.24) is 0 Å². The second kappa shape index (κ2) is 8.03. The molecule has 2 aromatic carbocycles. The van der Waals surface area contributed by atoms with Crippen LogP contribution in [0.3, 0.4) is 0 Å². The monoisotopic (exact) mass is 312 g/mol. The molecule has 0 spiro atoms. The fourth-order valence-corrected chi connectivity index (χ4v) is 2.21. The first kappa shape index (κ1) is 16.6. The van der Waals surface area contributed by atoms with Gasteiger partial charge < -0.3 is 14.6 Å². The number of hydrogen-bond acceptors (Lipinski definition) is 3. The summed E-state index contributed by atoms with van der Waals surface area (Å²) in [6.45, 7) is 2.55. The summed E-state index contributed by atoms with van der Waals surface area (Å²) in [5, 5.41) is 9.54. The summed E-state index contributed by atoms with van der Waals surface area (Å²) in [7, 11) is 1.57. The average molecular weight is 312 g/mol. The van der Waals surface area contributed by atoms with Crippen molar-refractivity contribution in [1.29, 1.82) is 0 Å². The number of para-hydroxylation sites is 1. The van der Waals surface area contributed by atoms with Crippen LogP contribution >= 0.6 is 0 Å². The Bertz CT molecular complexity index is 690. The van der Waals surface area contributed by atoms with E-state index < -0.39 is 5.97 Å². The Kier molecular flexibility index (Phi) is 5.80. The van der Waals surface area contributed by atoms with Crippen LogP contribution in [0.4, 0.5) is 0 Å². The SMILES string of the molecule is CCCOc1c(/C=C(\C(=O)O)c2ccccc2)cccc1OC. The topological polar surface area (TPSA) is 55.8 Å². The van der Waals surface area contributed by atoms with E-state index in [0.717, 1.165) is 6.42 Å². The number of carbonyl (C=O) groups is 1. The summed E-state index contributed by atoms with van der Waals surface area (Å²) >= 11 is 0. The van der Waals surface area contributed by atoms with Crippen molar-refractivity contribution >= 4 is 17.6 Å². The fraction of sp³-hybridized carbons (Fsp3) is 0.211. The molecule has 2 aromatic rings. The summed E-state index contributed by atoms with van der Waals surface area (Å²) in [5.74, 6) is 0.164. The van der Waals surface area contributed by atoms with Crippen LogP contribution in [0.25, 0.3) is 11.6 Å². The highest BCUT2D eigenvalue weighted by molar-refractivity contribution is 6.20. The van der Waals surface area contributed by atoms with E-state index in [2.05, 4.69) is 0 Å². The lowest BCUT2D eigenvalue weighted by Gasteiger charge is -2.13. The molecule has 0 saturated heterocycles. The number of rotatable bonds is 7. The van der Waals surface area contributed by atoms with Crippen LogP contribution in [-0.4, -0.2) is 24.8 Å². The van der Waals surface area contributed by atoms with Crippen LogP contribution in [0.2, 0.25) is 0 Å². The number of aliphatic carboxylic acids is 1. The van der Waals surface area contributed by atoms with E-state index >= 15 is 0 Å². The van der Waals surface area contributed by atoms with Crippen molar-refractivity contribution in [3.05, 3.63) is 59.7 Å². The lowest BCUT2D eigenvalue weighted by molar-refractivity contribution is -0.130. The third-order valence-electron chi connectivity index (χ3n) is 3.29. The third-order valence-corrected chi connectivity index (χ3v) is 3.29. The van der Waals surface area contributed by atoms with Gasteiger partial charge in [0, 0.05) is 5.56 Å². The van der Waals surface area contributed by atoms with Gasteiger partial charge in [-0.1, -0.05) is 49.4 Å². The lowest BCUT2D eigenvalue weighted by Crippen LogP contribution is -2.02. The maximum Gasteiger partial charge on any atom is 0.336 e. The molecule has 0 unspecified atom stereocenters. The Balaban J connectivity index is 2.52. The van der Waals surface area contributed by atoms with Gasteiger partial charge in [-0.15, -0.1) is 0 Å². The fourth-order valence-electron chi connectivity index (χ4n) is 2.21. The molecule has 0 aliphatic carbocycles. The predicted octanol–water partition coefficient (Wildman–Crippen LogP) is 4.11. The number of carboxylic acid groups (broad SMARTS) is 1. The highest BCUT2D eigenvalue weighted by atomic mass is 16.5. The molecule has 0 fully saturated rings. The van der Waals surface area contributed by atoms with Crippen molar-refractivity contribution in [2.45, 2.75) is 13.3 Å². The van der Waals surface area contributed by atoms with Crippen molar-refractivity contribution in [3.8, 4) is 11.5 Å². The molecule has 0 aliphatic rings. The summed E-state index contributed by atoms with van der Waals surface area (Å²) in [6.07, 6.45) is 2.47. The zero-order valence-corrected chi connectivity index (χ0v) is 13.3. The second-order valence-electron chi connectivity index (χ2n) is 4.96. The maximum absolute atomic E-state index is 11.6. The van der Waals surface area contributed by atoms with Gasteiger partial charge in [-0.2, -0.15) is 0 Å². The summed E-state index contributed by atoms with van der Waals surface area (Å²) in [5.41, 5.74) is 1.53. The Labute approximate surface area is 136 Å². The van der Waals surface area contributed by atoms with Gasteiger partial charge in [-0.3, -0.25) is 0 Å². The number of methoxy groups -OCH3 is 1. The molecule has 0 aromatic heterocycles. The van der Waals surface area contributed by atoms with E-state index in [0.29, 0.717) is 29.2 Å². The Morgan fingerprint density at radius 3 is 2.48 bits per heavy atom. The zero-order chi connectivity index (χ0) is 16.7. The van der Waals surface area contributed by atoms with E-state index in [4.69, 9.17) is 9.47 Å². The first-order chi connectivity index (χ1) is 11.2. The van der Waals surface area contributed by atoms with Crippen LogP contribution in [0.15, 0.2) is 48.5 Å². The second-order valence-corrected chi connectivity index (χ2v) is 4.96. The molecule has 4 heteroatoms. The molecule has 0 heterocycles. The molecule has 1 N–H and O–H groups in total. The molecule has 4 nitrogen and oxygen atoms in total. The molecule has 120 valence electrons. The van der Waals surface area contributed by atoms with Gasteiger partial charge in [0.15, 0.2) is 11.5 Å². The van der Waals surface area contributed by atoms with Gasteiger partial charge in [0.05, 0.1) is 19.3 Å². The molecule has 23 heavy (non-hydrogen) atoms. The van der Waals surface area contributed by atoms with Gasteiger partial charge in [0.25, 0.3) is 0 Å². The van der Waals surface area contributed by atoms with Crippen molar-refractivity contribution in [2.75, 3.05) is 13.7 Å². The van der Waals surface area contributed by atoms with Gasteiger partial charge in [0.1, 0.15) is 0 Å². The van der Waals surface area contributed by atoms with E-state index in [1.807, 2.05) is 37.3 Å². The number of ether oxygens (including phenoxy) is 2. The molecule has 0 bridgehead atoms. The van der Waals surface area contributed by atoms with E-state index in [-0.39, 0.29) is 5.57 Å². The number of hydrogen-bond donors (Lipinski definition) is 1. The van der Waals surface area contributed by atoms with Gasteiger partial charge >= 0.3 is 5.97 Å². The molecule has 0 aliphatic heterocycles. The zero-order valence-electron chi connectivity index (χ0n) is 13.3. The normalized spacial score (nSPS) is 11.1. The standard InChI is InChI=1S/C19H20O4/c1-3-12-23-18-15(10-7-11-17(18)22-2)13-16(19(20)21)14-8-5-4-6-9-14/h4-11,13H,3,12H2,1-2H3,(H,20,21)/b16-13-. The van der Waals surface area contributed by atoms with E-state index in [1.165, 1.54) is 0 Å². The summed E-state index contributed by atoms with van der Waals surface area (Å²) in [6, 6.07) is 14.4. The summed E-state index contributed by atoms with van der Waals surface area (Å²) in [4.78, 5) is 11.6. The Morgan fingerprint density at radius 2 is 1.87 bits per heavy atom. The quantitative estimate of drug-likeness (QED) is 0.617. The smallest absolute Gasteiger partial charge is 0.336 e. The molecule has 0 atom stereocenters. The van der Waals surface area contributed by atoms with Crippen molar-refractivity contribution in [2.24, 2.45) is 0 Å². The number of carboxylic acids is 1. The number of benzene rings is 2. The summed E-state index contributed by atoms with van der Waals surface area (Å²) < 4.78 is 11.1. The predicted molar refractivity (Wildman–Crippen MR) is 90.7 cm³/mol. The average Bonchev–Trinajstić information content (AvgIpc) is 2.58. The molecule has 0 saturated carbocycles. The van der Waals surface area contributed by atoms with Crippen LogP contribution in [-0.2, 0) is 4.79 Å². The minimum atomic E-state index is -0.986. The largest absolute Gasteiger partial charge is 0.493 e. The highest BCUT2D eigenvalue weighted by Crippen LogP contribution is 2.34. The molecule has 2 rings (SSSR count). The van der Waals surface area contributed by atoms with Crippen LogP contribution in [0.1, 0.15) is 24.5 Å². The van der Waals surface area contributed by atoms with Crippen molar-refractivity contribution < 1.29 is 19.4 Å². The molecule has 0 radical (unpaired) electrons. The molecule has 0 amide bonds.